The molecule has 2 aromatic heterocycles. The second-order valence-corrected chi connectivity index (χ2v) is 14.0. The molecule has 0 radical (unpaired) electrons. The molecule has 1 aliphatic carbocycles. The zero-order valence-electron chi connectivity index (χ0n) is 26.2. The van der Waals surface area contributed by atoms with E-state index in [1.165, 1.54) is 17.7 Å². The Labute approximate surface area is 266 Å². The van der Waals surface area contributed by atoms with Gasteiger partial charge in [0.05, 0.1) is 17.0 Å². The van der Waals surface area contributed by atoms with Crippen LogP contribution in [-0.4, -0.2) is 74.5 Å². The van der Waals surface area contributed by atoms with Crippen LogP contribution in [0.4, 0.5) is 14.6 Å². The Morgan fingerprint density at radius 1 is 1.11 bits per heavy atom. The van der Waals surface area contributed by atoms with Crippen LogP contribution < -0.4 is 9.64 Å². The van der Waals surface area contributed by atoms with Gasteiger partial charge in [0.25, 0.3) is 0 Å². The minimum absolute atomic E-state index is 0.0104. The SMILES string of the molecule is C=C1CN2CCCC2(COc2nc(N3CCCC4(CC(O)C4)C3)c3cnc(-c4cc(O)cc5ccc(F)c(CC)c45)c(F)c3n2)C1. The lowest BCUT2D eigenvalue weighted by Gasteiger charge is -2.51. The van der Waals surface area contributed by atoms with Crippen LogP contribution in [0.3, 0.4) is 0 Å². The van der Waals surface area contributed by atoms with Gasteiger partial charge in [0.15, 0.2) is 5.82 Å². The van der Waals surface area contributed by atoms with Gasteiger partial charge < -0.3 is 19.8 Å². The summed E-state index contributed by atoms with van der Waals surface area (Å²) in [6.07, 6.45) is 8.08. The number of benzene rings is 2. The van der Waals surface area contributed by atoms with Crippen LogP contribution in [0.15, 0.2) is 42.6 Å². The van der Waals surface area contributed by atoms with E-state index < -0.39 is 11.6 Å². The molecule has 240 valence electrons. The summed E-state index contributed by atoms with van der Waals surface area (Å²) in [6, 6.07) is 6.05. The van der Waals surface area contributed by atoms with Crippen molar-refractivity contribution in [3.63, 3.8) is 0 Å². The summed E-state index contributed by atoms with van der Waals surface area (Å²) in [5.41, 5.74) is 1.83. The van der Waals surface area contributed by atoms with Crippen molar-refractivity contribution < 1.29 is 23.7 Å². The van der Waals surface area contributed by atoms with E-state index in [2.05, 4.69) is 26.3 Å². The molecule has 1 unspecified atom stereocenters. The number of aromatic hydroxyl groups is 1. The number of rotatable bonds is 6. The van der Waals surface area contributed by atoms with Gasteiger partial charge in [-0.15, -0.1) is 0 Å². The number of halogens is 2. The molecule has 1 saturated carbocycles. The Morgan fingerprint density at radius 2 is 1.93 bits per heavy atom. The summed E-state index contributed by atoms with van der Waals surface area (Å²) >= 11 is 0. The lowest BCUT2D eigenvalue weighted by atomic mass is 9.62. The second-order valence-electron chi connectivity index (χ2n) is 14.0. The van der Waals surface area contributed by atoms with E-state index in [1.807, 2.05) is 6.92 Å². The van der Waals surface area contributed by atoms with Crippen LogP contribution in [-0.2, 0) is 6.42 Å². The highest BCUT2D eigenvalue weighted by molar-refractivity contribution is 6.01. The molecule has 10 heteroatoms. The number of hydrogen-bond donors (Lipinski definition) is 2. The molecule has 8 rings (SSSR count). The summed E-state index contributed by atoms with van der Waals surface area (Å²) in [5.74, 6) is -0.566. The van der Waals surface area contributed by atoms with E-state index in [-0.39, 0.29) is 40.0 Å². The Hall–Kier alpha value is -3.89. The first-order chi connectivity index (χ1) is 22.2. The van der Waals surface area contributed by atoms with Crippen molar-refractivity contribution in [2.45, 2.75) is 69.9 Å². The van der Waals surface area contributed by atoms with Crippen molar-refractivity contribution in [1.29, 1.82) is 0 Å². The number of nitrogens with zero attached hydrogens (tertiary/aromatic N) is 5. The van der Waals surface area contributed by atoms with Crippen molar-refractivity contribution in [3.05, 3.63) is 59.8 Å². The van der Waals surface area contributed by atoms with Crippen molar-refractivity contribution >= 4 is 27.5 Å². The molecule has 3 aliphatic heterocycles. The molecule has 0 amide bonds. The standard InChI is InChI=1S/C36H39F2N5O3/c1-3-25-28(37)7-6-22-12-23(44)13-26(29(22)25)31-30(38)32-27(17-39-31)33(42-10-4-8-35(19-42)15-24(45)16-35)41-34(40-32)46-20-36-9-5-11-43(36)18-21(2)14-36/h6-7,12-13,17,24,44-45H,2-5,8-11,14-16,18-20H2,1H3. The molecule has 5 heterocycles. The average molecular weight is 628 g/mol. The highest BCUT2D eigenvalue weighted by Gasteiger charge is 2.48. The zero-order valence-corrected chi connectivity index (χ0v) is 26.2. The fraction of sp³-hybridized carbons (Fsp3) is 0.472. The van der Waals surface area contributed by atoms with E-state index in [0.717, 1.165) is 64.6 Å². The molecule has 8 nitrogen and oxygen atoms in total. The number of aliphatic hydroxyl groups is 1. The van der Waals surface area contributed by atoms with Gasteiger partial charge in [-0.25, -0.2) is 8.78 Å². The normalized spacial score (nSPS) is 26.3. The molecular formula is C36H39F2N5O3. The molecular weight excluding hydrogens is 588 g/mol. The lowest BCUT2D eigenvalue weighted by molar-refractivity contribution is -0.0396. The third kappa shape index (κ3) is 4.71. The van der Waals surface area contributed by atoms with E-state index in [9.17, 15) is 14.6 Å². The number of aryl methyl sites for hydroxylation is 1. The largest absolute Gasteiger partial charge is 0.508 e. The van der Waals surface area contributed by atoms with Crippen LogP contribution in [0.25, 0.3) is 32.9 Å². The summed E-state index contributed by atoms with van der Waals surface area (Å²) in [5, 5.41) is 22.3. The van der Waals surface area contributed by atoms with Gasteiger partial charge in [-0.05, 0) is 97.9 Å². The predicted molar refractivity (Wildman–Crippen MR) is 173 cm³/mol. The van der Waals surface area contributed by atoms with Crippen molar-refractivity contribution in [2.24, 2.45) is 5.41 Å². The maximum Gasteiger partial charge on any atom is 0.319 e. The summed E-state index contributed by atoms with van der Waals surface area (Å²) in [7, 11) is 0. The number of piperidine rings is 1. The lowest BCUT2D eigenvalue weighted by Crippen LogP contribution is -2.52. The number of pyridine rings is 1. The third-order valence-corrected chi connectivity index (χ3v) is 10.9. The Morgan fingerprint density at radius 3 is 2.74 bits per heavy atom. The number of hydrogen-bond acceptors (Lipinski definition) is 8. The fourth-order valence-corrected chi connectivity index (χ4v) is 8.85. The van der Waals surface area contributed by atoms with E-state index in [4.69, 9.17) is 9.72 Å². The minimum Gasteiger partial charge on any atom is -0.508 e. The summed E-state index contributed by atoms with van der Waals surface area (Å²) < 4.78 is 38.3. The van der Waals surface area contributed by atoms with Crippen molar-refractivity contribution in [2.75, 3.05) is 37.7 Å². The molecule has 2 N–H and O–H groups in total. The number of ether oxygens (including phenoxy) is 1. The van der Waals surface area contributed by atoms with Crippen LogP contribution in [0.1, 0.15) is 57.4 Å². The number of phenolic OH excluding ortho intramolecular Hbond substituents is 1. The first-order valence-electron chi connectivity index (χ1n) is 16.5. The first kappa shape index (κ1) is 29.5. The average Bonchev–Trinajstić information content (AvgIpc) is 3.55. The van der Waals surface area contributed by atoms with Crippen molar-refractivity contribution in [1.82, 2.24) is 19.9 Å². The minimum atomic E-state index is -0.676. The Kier molecular flexibility index (Phi) is 6.95. The second kappa shape index (κ2) is 10.8. The van der Waals surface area contributed by atoms with E-state index in [1.54, 1.807) is 18.3 Å². The molecule has 4 aliphatic rings. The maximum absolute atomic E-state index is 16.9. The molecule has 4 aromatic rings. The van der Waals surface area contributed by atoms with Crippen LogP contribution >= 0.6 is 0 Å². The summed E-state index contributed by atoms with van der Waals surface area (Å²) in [4.78, 5) is 18.7. The first-order valence-corrected chi connectivity index (χ1v) is 16.5. The molecule has 4 fully saturated rings. The van der Waals surface area contributed by atoms with Crippen LogP contribution in [0.2, 0.25) is 0 Å². The van der Waals surface area contributed by atoms with Gasteiger partial charge in [-0.1, -0.05) is 25.1 Å². The zero-order chi connectivity index (χ0) is 31.8. The number of phenols is 1. The van der Waals surface area contributed by atoms with E-state index in [0.29, 0.717) is 52.7 Å². The number of aromatic nitrogens is 3. The van der Waals surface area contributed by atoms with Crippen LogP contribution in [0, 0.1) is 17.0 Å². The molecule has 0 bridgehead atoms. The molecule has 3 saturated heterocycles. The Bertz CT molecular complexity index is 1890. The third-order valence-electron chi connectivity index (χ3n) is 10.9. The molecule has 46 heavy (non-hydrogen) atoms. The molecule has 2 aromatic carbocycles. The van der Waals surface area contributed by atoms with Gasteiger partial charge >= 0.3 is 6.01 Å². The quantitative estimate of drug-likeness (QED) is 0.241. The highest BCUT2D eigenvalue weighted by Crippen LogP contribution is 2.49. The Balaban J connectivity index is 1.27. The number of fused-ring (bicyclic) bond motifs is 3. The highest BCUT2D eigenvalue weighted by atomic mass is 19.1. The number of anilines is 1. The molecule has 1 atom stereocenters. The smallest absolute Gasteiger partial charge is 0.319 e. The van der Waals surface area contributed by atoms with E-state index >= 15 is 4.39 Å². The van der Waals surface area contributed by atoms with Gasteiger partial charge in [0, 0.05) is 31.4 Å². The topological polar surface area (TPSA) is 94.8 Å². The van der Waals surface area contributed by atoms with Gasteiger partial charge in [-0.2, -0.15) is 9.97 Å². The van der Waals surface area contributed by atoms with Crippen LogP contribution in [0.5, 0.6) is 11.8 Å². The summed E-state index contributed by atoms with van der Waals surface area (Å²) in [6.45, 7) is 9.75. The van der Waals surface area contributed by atoms with Gasteiger partial charge in [-0.3, -0.25) is 9.88 Å². The maximum atomic E-state index is 16.9. The van der Waals surface area contributed by atoms with Gasteiger partial charge in [0.1, 0.15) is 35.2 Å². The molecule has 1 spiro atoms. The van der Waals surface area contributed by atoms with Crippen molar-refractivity contribution in [3.8, 4) is 23.0 Å². The van der Waals surface area contributed by atoms with Gasteiger partial charge in [0.2, 0.25) is 0 Å². The fourth-order valence-electron chi connectivity index (χ4n) is 8.85. The number of aliphatic hydroxyl groups excluding tert-OH is 1. The monoisotopic (exact) mass is 627 g/mol. The predicted octanol–water partition coefficient (Wildman–Crippen LogP) is 6.31.